The van der Waals surface area contributed by atoms with E-state index in [1.54, 1.807) is 18.2 Å². The van der Waals surface area contributed by atoms with E-state index in [9.17, 15) is 4.39 Å². The second-order valence-electron chi connectivity index (χ2n) is 6.01. The Hall–Kier alpha value is -2.23. The zero-order valence-electron chi connectivity index (χ0n) is 14.2. The number of hydrogen-bond donors (Lipinski definition) is 1. The fraction of sp³-hybridized carbons (Fsp3) is 0.143. The third-order valence-electron chi connectivity index (χ3n) is 3.94. The molecule has 0 aromatic heterocycles. The topological polar surface area (TPSA) is 21.3 Å². The van der Waals surface area contributed by atoms with Crippen LogP contribution >= 0.6 is 23.2 Å². The smallest absolute Gasteiger partial charge is 0.141 e. The first kappa shape index (κ1) is 18.6. The van der Waals surface area contributed by atoms with Gasteiger partial charge in [-0.2, -0.15) is 0 Å². The number of anilines is 1. The van der Waals surface area contributed by atoms with Gasteiger partial charge in [-0.25, -0.2) is 4.39 Å². The standard InChI is InChI=1S/C21H18Cl2FNO/c1-14-2-4-15(5-3-14)13-26-21-9-6-17(22)10-16(21)12-25-18-7-8-20(24)19(23)11-18/h2-11,25H,12-13H2,1H3. The lowest BCUT2D eigenvalue weighted by atomic mass is 10.1. The summed E-state index contributed by atoms with van der Waals surface area (Å²) in [6.07, 6.45) is 0. The fourth-order valence-electron chi connectivity index (χ4n) is 2.48. The molecule has 0 saturated heterocycles. The average Bonchev–Trinajstić information content (AvgIpc) is 2.63. The Morgan fingerprint density at radius 3 is 2.46 bits per heavy atom. The molecule has 0 amide bonds. The molecule has 1 N–H and O–H groups in total. The first-order valence-electron chi connectivity index (χ1n) is 8.17. The minimum absolute atomic E-state index is 0.0805. The van der Waals surface area contributed by atoms with Crippen molar-refractivity contribution < 1.29 is 9.13 Å². The van der Waals surface area contributed by atoms with E-state index in [0.717, 1.165) is 22.6 Å². The summed E-state index contributed by atoms with van der Waals surface area (Å²) in [5.41, 5.74) is 3.93. The van der Waals surface area contributed by atoms with E-state index >= 15 is 0 Å². The Labute approximate surface area is 162 Å². The molecule has 0 atom stereocenters. The van der Waals surface area contributed by atoms with Crippen molar-refractivity contribution in [2.45, 2.75) is 20.1 Å². The third kappa shape index (κ3) is 4.90. The molecule has 0 spiro atoms. The minimum Gasteiger partial charge on any atom is -0.489 e. The van der Waals surface area contributed by atoms with Crippen LogP contribution in [0.4, 0.5) is 10.1 Å². The minimum atomic E-state index is -0.443. The second-order valence-corrected chi connectivity index (χ2v) is 6.85. The molecule has 0 heterocycles. The normalized spacial score (nSPS) is 10.6. The van der Waals surface area contributed by atoms with Gasteiger partial charge in [-0.3, -0.25) is 0 Å². The summed E-state index contributed by atoms with van der Waals surface area (Å²) >= 11 is 11.9. The molecule has 0 bridgehead atoms. The molecular weight excluding hydrogens is 372 g/mol. The van der Waals surface area contributed by atoms with Crippen molar-refractivity contribution in [2.24, 2.45) is 0 Å². The zero-order valence-corrected chi connectivity index (χ0v) is 15.7. The molecule has 0 saturated carbocycles. The van der Waals surface area contributed by atoms with Crippen LogP contribution in [0, 0.1) is 12.7 Å². The number of halogens is 3. The van der Waals surface area contributed by atoms with Crippen molar-refractivity contribution in [1.82, 2.24) is 0 Å². The average molecular weight is 390 g/mol. The molecule has 134 valence electrons. The largest absolute Gasteiger partial charge is 0.489 e. The highest BCUT2D eigenvalue weighted by atomic mass is 35.5. The van der Waals surface area contributed by atoms with Gasteiger partial charge >= 0.3 is 0 Å². The fourth-order valence-corrected chi connectivity index (χ4v) is 2.85. The van der Waals surface area contributed by atoms with Gasteiger partial charge in [0, 0.05) is 22.8 Å². The van der Waals surface area contributed by atoms with Crippen LogP contribution < -0.4 is 10.1 Å². The lowest BCUT2D eigenvalue weighted by Gasteiger charge is -2.14. The molecule has 0 radical (unpaired) electrons. The van der Waals surface area contributed by atoms with E-state index < -0.39 is 5.82 Å². The Morgan fingerprint density at radius 1 is 0.962 bits per heavy atom. The van der Waals surface area contributed by atoms with Crippen LogP contribution in [0.5, 0.6) is 5.75 Å². The molecule has 0 fully saturated rings. The molecule has 3 aromatic rings. The maximum absolute atomic E-state index is 13.3. The molecule has 26 heavy (non-hydrogen) atoms. The second kappa shape index (κ2) is 8.43. The molecule has 5 heteroatoms. The van der Waals surface area contributed by atoms with Crippen LogP contribution in [-0.2, 0) is 13.2 Å². The van der Waals surface area contributed by atoms with Crippen LogP contribution in [-0.4, -0.2) is 0 Å². The van der Waals surface area contributed by atoms with E-state index in [4.69, 9.17) is 27.9 Å². The lowest BCUT2D eigenvalue weighted by Crippen LogP contribution is -2.04. The van der Waals surface area contributed by atoms with Crippen molar-refractivity contribution in [1.29, 1.82) is 0 Å². The molecule has 0 aliphatic carbocycles. The van der Waals surface area contributed by atoms with Gasteiger partial charge in [0.25, 0.3) is 0 Å². The molecular formula is C21H18Cl2FNO. The lowest BCUT2D eigenvalue weighted by molar-refractivity contribution is 0.303. The number of benzene rings is 3. The molecule has 3 rings (SSSR count). The number of nitrogens with one attached hydrogen (secondary N) is 1. The summed E-state index contributed by atoms with van der Waals surface area (Å²) in [4.78, 5) is 0. The highest BCUT2D eigenvalue weighted by Crippen LogP contribution is 2.26. The van der Waals surface area contributed by atoms with Gasteiger partial charge in [-0.05, 0) is 48.9 Å². The monoisotopic (exact) mass is 389 g/mol. The first-order valence-corrected chi connectivity index (χ1v) is 8.92. The predicted octanol–water partition coefficient (Wildman–Crippen LogP) is 6.63. The SMILES string of the molecule is Cc1ccc(COc2ccc(Cl)cc2CNc2ccc(F)c(Cl)c2)cc1. The van der Waals surface area contributed by atoms with Crippen molar-refractivity contribution in [3.63, 3.8) is 0 Å². The van der Waals surface area contributed by atoms with Gasteiger partial charge in [-0.1, -0.05) is 53.0 Å². The summed E-state index contributed by atoms with van der Waals surface area (Å²) in [6.45, 7) is 3.00. The maximum Gasteiger partial charge on any atom is 0.141 e. The molecule has 2 nitrogen and oxygen atoms in total. The first-order chi connectivity index (χ1) is 12.5. The van der Waals surface area contributed by atoms with Crippen molar-refractivity contribution in [2.75, 3.05) is 5.32 Å². The van der Waals surface area contributed by atoms with Crippen LogP contribution in [0.3, 0.4) is 0 Å². The van der Waals surface area contributed by atoms with Crippen LogP contribution in [0.1, 0.15) is 16.7 Å². The summed E-state index contributed by atoms with van der Waals surface area (Å²) < 4.78 is 19.2. The third-order valence-corrected chi connectivity index (χ3v) is 4.46. The van der Waals surface area contributed by atoms with Crippen molar-refractivity contribution in [3.05, 3.63) is 93.2 Å². The van der Waals surface area contributed by atoms with Gasteiger partial charge < -0.3 is 10.1 Å². The summed E-state index contributed by atoms with van der Waals surface area (Å²) in [7, 11) is 0. The van der Waals surface area contributed by atoms with E-state index in [2.05, 4.69) is 24.4 Å². The highest BCUT2D eigenvalue weighted by Gasteiger charge is 2.07. The van der Waals surface area contributed by atoms with Crippen molar-refractivity contribution >= 4 is 28.9 Å². The number of ether oxygens (including phenoxy) is 1. The summed E-state index contributed by atoms with van der Waals surface area (Å²) in [6, 6.07) is 18.2. The van der Waals surface area contributed by atoms with Crippen LogP contribution in [0.2, 0.25) is 10.0 Å². The van der Waals surface area contributed by atoms with E-state index in [1.807, 2.05) is 24.3 Å². The van der Waals surface area contributed by atoms with Gasteiger partial charge in [0.15, 0.2) is 0 Å². The van der Waals surface area contributed by atoms with Gasteiger partial charge in [0.2, 0.25) is 0 Å². The molecule has 0 aliphatic heterocycles. The van der Waals surface area contributed by atoms with E-state index in [0.29, 0.717) is 18.2 Å². The highest BCUT2D eigenvalue weighted by molar-refractivity contribution is 6.31. The summed E-state index contributed by atoms with van der Waals surface area (Å²) in [5.74, 6) is 0.303. The van der Waals surface area contributed by atoms with Crippen molar-refractivity contribution in [3.8, 4) is 5.75 Å². The van der Waals surface area contributed by atoms with Crippen LogP contribution in [0.15, 0.2) is 60.7 Å². The Morgan fingerprint density at radius 2 is 1.73 bits per heavy atom. The molecule has 3 aromatic carbocycles. The van der Waals surface area contributed by atoms with Gasteiger partial charge in [-0.15, -0.1) is 0 Å². The molecule has 0 unspecified atom stereocenters. The Kier molecular flexibility index (Phi) is 6.02. The Bertz CT molecular complexity index is 897. The quantitative estimate of drug-likeness (QED) is 0.510. The summed E-state index contributed by atoms with van der Waals surface area (Å²) in [5, 5.41) is 3.92. The maximum atomic E-state index is 13.3. The van der Waals surface area contributed by atoms with E-state index in [1.165, 1.54) is 11.6 Å². The number of rotatable bonds is 6. The van der Waals surface area contributed by atoms with Crippen LogP contribution in [0.25, 0.3) is 0 Å². The molecule has 0 aliphatic rings. The van der Waals surface area contributed by atoms with Gasteiger partial charge in [0.05, 0.1) is 5.02 Å². The number of hydrogen-bond acceptors (Lipinski definition) is 2. The predicted molar refractivity (Wildman–Crippen MR) is 106 cm³/mol. The van der Waals surface area contributed by atoms with E-state index in [-0.39, 0.29) is 5.02 Å². The zero-order chi connectivity index (χ0) is 18.5. The number of aryl methyl sites for hydroxylation is 1. The van der Waals surface area contributed by atoms with Gasteiger partial charge in [0.1, 0.15) is 18.2 Å². The Balaban J connectivity index is 1.70.